The van der Waals surface area contributed by atoms with E-state index in [0.29, 0.717) is 13.0 Å². The van der Waals surface area contributed by atoms with Crippen molar-refractivity contribution in [3.8, 4) is 0 Å². The lowest BCUT2D eigenvalue weighted by Gasteiger charge is -2.47. The van der Waals surface area contributed by atoms with Crippen molar-refractivity contribution in [3.05, 3.63) is 0 Å². The number of aliphatic hydroxyl groups excluding tert-OH is 3. The van der Waals surface area contributed by atoms with Crippen molar-refractivity contribution in [2.75, 3.05) is 13.2 Å². The first-order valence-corrected chi connectivity index (χ1v) is 23.7. The molecular formula is C46H88N2O8. The molecule has 0 aliphatic carbocycles. The van der Waals surface area contributed by atoms with Crippen LogP contribution in [0.4, 0.5) is 0 Å². The summed E-state index contributed by atoms with van der Waals surface area (Å²) in [5.74, 6) is -1.88. The Balaban J connectivity index is 2.59. The van der Waals surface area contributed by atoms with Crippen molar-refractivity contribution in [2.24, 2.45) is 0 Å². The number of aliphatic hydroxyl groups is 3. The highest BCUT2D eigenvalue weighted by Gasteiger charge is 2.48. The summed E-state index contributed by atoms with van der Waals surface area (Å²) in [6, 6.07) is -1.17. The molecule has 0 unspecified atom stereocenters. The Labute approximate surface area is 342 Å². The molecule has 10 heteroatoms. The molecule has 0 saturated carbocycles. The van der Waals surface area contributed by atoms with Gasteiger partial charge < -0.3 is 35.4 Å². The minimum Gasteiger partial charge on any atom is -0.481 e. The van der Waals surface area contributed by atoms with E-state index in [1.165, 1.54) is 148 Å². The largest absolute Gasteiger partial charge is 0.481 e. The quantitative estimate of drug-likeness (QED) is 0.0385. The first kappa shape index (κ1) is 52.3. The molecule has 0 spiro atoms. The van der Waals surface area contributed by atoms with Crippen molar-refractivity contribution in [2.45, 2.75) is 263 Å². The van der Waals surface area contributed by atoms with Crippen molar-refractivity contribution >= 4 is 17.8 Å². The van der Waals surface area contributed by atoms with E-state index >= 15 is 0 Å². The fourth-order valence-electron chi connectivity index (χ4n) is 8.01. The Kier molecular flexibility index (Phi) is 33.9. The third kappa shape index (κ3) is 26.3. The zero-order valence-electron chi connectivity index (χ0n) is 36.2. The number of carbonyl (C=O) groups is 3. The Morgan fingerprint density at radius 1 is 0.518 bits per heavy atom. The first-order chi connectivity index (χ1) is 27.3. The van der Waals surface area contributed by atoms with Crippen molar-refractivity contribution < 1.29 is 39.5 Å². The van der Waals surface area contributed by atoms with E-state index in [2.05, 4.69) is 19.2 Å². The lowest BCUT2D eigenvalue weighted by atomic mass is 9.94. The fraction of sp³-hybridized carbons (Fsp3) is 0.935. The van der Waals surface area contributed by atoms with Gasteiger partial charge in [0.1, 0.15) is 24.4 Å². The van der Waals surface area contributed by atoms with Crippen molar-refractivity contribution in [1.82, 2.24) is 10.2 Å². The van der Waals surface area contributed by atoms with Crippen LogP contribution in [0.15, 0.2) is 0 Å². The van der Waals surface area contributed by atoms with Crippen molar-refractivity contribution in [3.63, 3.8) is 0 Å². The van der Waals surface area contributed by atoms with Gasteiger partial charge in [0.05, 0.1) is 13.0 Å². The Morgan fingerprint density at radius 2 is 0.893 bits per heavy atom. The van der Waals surface area contributed by atoms with Crippen LogP contribution >= 0.6 is 0 Å². The molecule has 1 rings (SSSR count). The summed E-state index contributed by atoms with van der Waals surface area (Å²) in [4.78, 5) is 39.2. The highest BCUT2D eigenvalue weighted by molar-refractivity contribution is 5.81. The van der Waals surface area contributed by atoms with E-state index in [1.54, 1.807) is 4.90 Å². The fourth-order valence-corrected chi connectivity index (χ4v) is 8.01. The summed E-state index contributed by atoms with van der Waals surface area (Å²) < 4.78 is 6.06. The number of aliphatic carboxylic acids is 1. The third-order valence-electron chi connectivity index (χ3n) is 11.7. The molecule has 1 heterocycles. The van der Waals surface area contributed by atoms with Gasteiger partial charge in [-0.05, 0) is 12.8 Å². The van der Waals surface area contributed by atoms with Gasteiger partial charge in [0.2, 0.25) is 11.8 Å². The van der Waals surface area contributed by atoms with Gasteiger partial charge in [-0.25, -0.2) is 0 Å². The van der Waals surface area contributed by atoms with Crippen LogP contribution in [-0.4, -0.2) is 86.8 Å². The van der Waals surface area contributed by atoms with Gasteiger partial charge in [-0.3, -0.25) is 14.4 Å². The molecule has 10 nitrogen and oxygen atoms in total. The highest BCUT2D eigenvalue weighted by atomic mass is 16.5. The van der Waals surface area contributed by atoms with Gasteiger partial charge in [-0.15, -0.1) is 0 Å². The predicted octanol–water partition coefficient (Wildman–Crippen LogP) is 10.1. The van der Waals surface area contributed by atoms with Crippen LogP contribution in [0.1, 0.15) is 232 Å². The van der Waals surface area contributed by atoms with Gasteiger partial charge >= 0.3 is 5.97 Å². The Bertz CT molecular complexity index is 952. The molecule has 0 aromatic heterocycles. The van der Waals surface area contributed by atoms with Crippen LogP contribution in [0.25, 0.3) is 0 Å². The van der Waals surface area contributed by atoms with Crippen molar-refractivity contribution in [1.29, 1.82) is 0 Å². The number of ether oxygens (including phenoxy) is 1. The standard InChI is InChI=1S/C46H88N2O8/c1-3-5-7-9-11-13-15-17-19-21-23-25-27-29-31-33-37-48(41(51)34-32-30-28-26-24-22-20-18-16-14-12-10-8-6-4-2)46-43(47-40(50)35-36-42(52)53)45(55)44(54)39(38-49)56-46/h39,43-46,49,54-55H,3-38H2,1-2H3,(H,47,50)(H,52,53)/t39-,43+,44-,45-,46-/m1/s1. The van der Waals surface area contributed by atoms with E-state index in [4.69, 9.17) is 9.84 Å². The van der Waals surface area contributed by atoms with E-state index in [-0.39, 0.29) is 18.7 Å². The molecule has 5 atom stereocenters. The second-order valence-electron chi connectivity index (χ2n) is 16.8. The molecule has 2 amide bonds. The lowest BCUT2D eigenvalue weighted by Crippen LogP contribution is -2.68. The summed E-state index contributed by atoms with van der Waals surface area (Å²) in [5, 5.41) is 43.4. The van der Waals surface area contributed by atoms with Crippen LogP contribution in [0.3, 0.4) is 0 Å². The molecule has 0 radical (unpaired) electrons. The first-order valence-electron chi connectivity index (χ1n) is 23.7. The van der Waals surface area contributed by atoms with E-state index < -0.39 is 49.1 Å². The minimum atomic E-state index is -1.51. The Hall–Kier alpha value is -1.75. The maximum Gasteiger partial charge on any atom is 0.303 e. The number of hydrogen-bond acceptors (Lipinski definition) is 7. The van der Waals surface area contributed by atoms with Crippen LogP contribution < -0.4 is 5.32 Å². The normalized spacial score (nSPS) is 19.6. The van der Waals surface area contributed by atoms with E-state index in [9.17, 15) is 29.7 Å². The second kappa shape index (κ2) is 36.3. The highest BCUT2D eigenvalue weighted by Crippen LogP contribution is 2.26. The SMILES string of the molecule is CCCCCCCCCCCCCCCCCCN(C(=O)CCCCCCCCCCCCCCCCC)[C@@H]1O[C@H](CO)[C@@H](O)[C@H](O)[C@@H]1NC(=O)CCC(=O)O. The number of carboxylic acids is 1. The second-order valence-corrected chi connectivity index (χ2v) is 16.8. The number of rotatable bonds is 39. The van der Waals surface area contributed by atoms with Crippen LogP contribution in [0.2, 0.25) is 0 Å². The molecule has 0 bridgehead atoms. The van der Waals surface area contributed by atoms with Gasteiger partial charge in [0, 0.05) is 19.4 Å². The van der Waals surface area contributed by atoms with Crippen LogP contribution in [-0.2, 0) is 19.1 Å². The van der Waals surface area contributed by atoms with Crippen LogP contribution in [0, 0.1) is 0 Å². The topological polar surface area (TPSA) is 157 Å². The molecule has 330 valence electrons. The zero-order chi connectivity index (χ0) is 41.1. The molecule has 56 heavy (non-hydrogen) atoms. The maximum atomic E-state index is 13.8. The number of unbranched alkanes of at least 4 members (excludes halogenated alkanes) is 29. The van der Waals surface area contributed by atoms with Gasteiger partial charge in [-0.2, -0.15) is 0 Å². The number of nitrogens with zero attached hydrogens (tertiary/aromatic N) is 1. The summed E-state index contributed by atoms with van der Waals surface area (Å²) in [6.45, 7) is 4.32. The molecule has 1 aliphatic rings. The average molecular weight is 797 g/mol. The monoisotopic (exact) mass is 797 g/mol. The van der Waals surface area contributed by atoms with Crippen LogP contribution in [0.5, 0.6) is 0 Å². The summed E-state index contributed by atoms with van der Waals surface area (Å²) >= 11 is 0. The summed E-state index contributed by atoms with van der Waals surface area (Å²) in [6.07, 6.45) is 32.7. The van der Waals surface area contributed by atoms with Gasteiger partial charge in [0.15, 0.2) is 6.23 Å². The molecular weight excluding hydrogens is 709 g/mol. The van der Waals surface area contributed by atoms with Gasteiger partial charge in [-0.1, -0.05) is 200 Å². The lowest BCUT2D eigenvalue weighted by molar-refractivity contribution is -0.231. The minimum absolute atomic E-state index is 0.143. The summed E-state index contributed by atoms with van der Waals surface area (Å²) in [7, 11) is 0. The number of hydrogen-bond donors (Lipinski definition) is 5. The molecule has 1 saturated heterocycles. The van der Waals surface area contributed by atoms with Gasteiger partial charge in [0.25, 0.3) is 0 Å². The molecule has 0 aromatic carbocycles. The number of carboxylic acid groups (broad SMARTS) is 1. The average Bonchev–Trinajstić information content (AvgIpc) is 3.18. The van der Waals surface area contributed by atoms with E-state index in [1.807, 2.05) is 0 Å². The van der Waals surface area contributed by atoms with E-state index in [0.717, 1.165) is 51.4 Å². The smallest absolute Gasteiger partial charge is 0.303 e. The predicted molar refractivity (Wildman–Crippen MR) is 227 cm³/mol. The zero-order valence-corrected chi connectivity index (χ0v) is 36.2. The number of nitrogens with one attached hydrogen (secondary N) is 1. The maximum absolute atomic E-state index is 13.8. The molecule has 5 N–H and O–H groups in total. The number of carbonyl (C=O) groups excluding carboxylic acids is 2. The molecule has 1 aliphatic heterocycles. The molecule has 1 fully saturated rings. The summed E-state index contributed by atoms with van der Waals surface area (Å²) in [5.41, 5.74) is 0. The number of amides is 2. The third-order valence-corrected chi connectivity index (χ3v) is 11.7. The molecule has 0 aromatic rings. The Morgan fingerprint density at radius 3 is 1.27 bits per heavy atom.